The minimum atomic E-state index is -0.485. The zero-order valence-corrected chi connectivity index (χ0v) is 15.2. The van der Waals surface area contributed by atoms with Crippen LogP contribution in [-0.2, 0) is 4.79 Å². The SMILES string of the molecule is CC[C@H](Oc1ccccc1)C(=O)N[C@@H](C)c1cc(C)c(C)cc1C. The van der Waals surface area contributed by atoms with Crippen molar-refractivity contribution in [2.24, 2.45) is 0 Å². The van der Waals surface area contributed by atoms with E-state index in [1.807, 2.05) is 44.2 Å². The van der Waals surface area contributed by atoms with Gasteiger partial charge < -0.3 is 10.1 Å². The lowest BCUT2D eigenvalue weighted by molar-refractivity contribution is -0.128. The lowest BCUT2D eigenvalue weighted by Gasteiger charge is -2.22. The first-order valence-electron chi connectivity index (χ1n) is 8.52. The predicted octanol–water partition coefficient (Wildman–Crippen LogP) is 4.65. The number of nitrogens with one attached hydrogen (secondary N) is 1. The summed E-state index contributed by atoms with van der Waals surface area (Å²) in [5, 5.41) is 3.09. The van der Waals surface area contributed by atoms with Gasteiger partial charge in [-0.3, -0.25) is 4.79 Å². The number of ether oxygens (including phenoxy) is 1. The fourth-order valence-corrected chi connectivity index (χ4v) is 2.82. The molecule has 0 saturated carbocycles. The molecule has 0 bridgehead atoms. The highest BCUT2D eigenvalue weighted by Crippen LogP contribution is 2.22. The summed E-state index contributed by atoms with van der Waals surface area (Å²) < 4.78 is 5.82. The molecule has 0 fully saturated rings. The molecule has 0 unspecified atom stereocenters. The fraction of sp³-hybridized carbons (Fsp3) is 0.381. The van der Waals surface area contributed by atoms with E-state index in [1.165, 1.54) is 16.7 Å². The van der Waals surface area contributed by atoms with Crippen LogP contribution in [0, 0.1) is 20.8 Å². The maximum absolute atomic E-state index is 12.6. The number of carbonyl (C=O) groups excluding carboxylic acids is 1. The third kappa shape index (κ3) is 4.38. The molecule has 0 aliphatic rings. The van der Waals surface area contributed by atoms with Crippen LogP contribution in [0.15, 0.2) is 42.5 Å². The van der Waals surface area contributed by atoms with Crippen molar-refractivity contribution in [1.82, 2.24) is 5.32 Å². The van der Waals surface area contributed by atoms with E-state index in [0.717, 1.165) is 11.3 Å². The summed E-state index contributed by atoms with van der Waals surface area (Å²) in [6.07, 6.45) is 0.140. The molecule has 2 aromatic carbocycles. The van der Waals surface area contributed by atoms with Gasteiger partial charge in [-0.05, 0) is 68.5 Å². The summed E-state index contributed by atoms with van der Waals surface area (Å²) in [4.78, 5) is 12.6. The second kappa shape index (κ2) is 8.00. The Balaban J connectivity index is 2.08. The van der Waals surface area contributed by atoms with Crippen molar-refractivity contribution in [3.05, 3.63) is 64.7 Å². The van der Waals surface area contributed by atoms with E-state index in [2.05, 4.69) is 38.2 Å². The summed E-state index contributed by atoms with van der Waals surface area (Å²) in [7, 11) is 0. The van der Waals surface area contributed by atoms with E-state index in [1.54, 1.807) is 0 Å². The quantitative estimate of drug-likeness (QED) is 0.840. The van der Waals surface area contributed by atoms with Crippen molar-refractivity contribution >= 4 is 5.91 Å². The van der Waals surface area contributed by atoms with Crippen molar-refractivity contribution in [2.75, 3.05) is 0 Å². The third-order valence-corrected chi connectivity index (χ3v) is 4.39. The molecule has 2 atom stereocenters. The van der Waals surface area contributed by atoms with Gasteiger partial charge in [0.05, 0.1) is 6.04 Å². The molecule has 0 spiro atoms. The van der Waals surface area contributed by atoms with Gasteiger partial charge in [0.1, 0.15) is 5.75 Å². The molecule has 0 heterocycles. The molecule has 0 saturated heterocycles. The molecule has 0 aliphatic heterocycles. The van der Waals surface area contributed by atoms with Gasteiger partial charge in [-0.1, -0.05) is 37.3 Å². The van der Waals surface area contributed by atoms with Crippen molar-refractivity contribution in [1.29, 1.82) is 0 Å². The zero-order chi connectivity index (χ0) is 17.7. The summed E-state index contributed by atoms with van der Waals surface area (Å²) in [5.41, 5.74) is 4.86. The number of amides is 1. The second-order valence-corrected chi connectivity index (χ2v) is 6.35. The molecule has 1 N–H and O–H groups in total. The fourth-order valence-electron chi connectivity index (χ4n) is 2.82. The molecular weight excluding hydrogens is 298 g/mol. The van der Waals surface area contributed by atoms with Gasteiger partial charge in [-0.2, -0.15) is 0 Å². The monoisotopic (exact) mass is 325 g/mol. The van der Waals surface area contributed by atoms with E-state index in [-0.39, 0.29) is 11.9 Å². The Bertz CT molecular complexity index is 694. The van der Waals surface area contributed by atoms with Crippen LogP contribution in [0.2, 0.25) is 0 Å². The highest BCUT2D eigenvalue weighted by molar-refractivity contribution is 5.81. The van der Waals surface area contributed by atoms with Crippen molar-refractivity contribution in [3.63, 3.8) is 0 Å². The standard InChI is InChI=1S/C21H27NO2/c1-6-20(24-18-10-8-7-9-11-18)21(23)22-17(5)19-13-15(3)14(2)12-16(19)4/h7-13,17,20H,6H2,1-5H3,(H,22,23)/t17-,20-/m0/s1. The Labute approximate surface area is 145 Å². The molecule has 3 nitrogen and oxygen atoms in total. The number of rotatable bonds is 6. The summed E-state index contributed by atoms with van der Waals surface area (Å²) in [5.74, 6) is 0.640. The number of benzene rings is 2. The number of hydrogen-bond acceptors (Lipinski definition) is 2. The number of hydrogen-bond donors (Lipinski definition) is 1. The Morgan fingerprint density at radius 1 is 1.04 bits per heavy atom. The normalized spacial score (nSPS) is 13.2. The Morgan fingerprint density at radius 2 is 1.67 bits per heavy atom. The van der Waals surface area contributed by atoms with E-state index in [4.69, 9.17) is 4.74 Å². The Hall–Kier alpha value is -2.29. The van der Waals surface area contributed by atoms with E-state index in [9.17, 15) is 4.79 Å². The Morgan fingerprint density at radius 3 is 2.29 bits per heavy atom. The van der Waals surface area contributed by atoms with Crippen LogP contribution >= 0.6 is 0 Å². The van der Waals surface area contributed by atoms with Crippen LogP contribution in [0.25, 0.3) is 0 Å². The van der Waals surface area contributed by atoms with E-state index < -0.39 is 6.10 Å². The molecular formula is C21H27NO2. The van der Waals surface area contributed by atoms with Gasteiger partial charge in [-0.15, -0.1) is 0 Å². The second-order valence-electron chi connectivity index (χ2n) is 6.35. The van der Waals surface area contributed by atoms with Crippen LogP contribution in [-0.4, -0.2) is 12.0 Å². The lowest BCUT2D eigenvalue weighted by atomic mass is 9.96. The predicted molar refractivity (Wildman–Crippen MR) is 98.4 cm³/mol. The van der Waals surface area contributed by atoms with E-state index >= 15 is 0 Å². The maximum atomic E-state index is 12.6. The first-order chi connectivity index (χ1) is 11.4. The van der Waals surface area contributed by atoms with Crippen molar-refractivity contribution < 1.29 is 9.53 Å². The van der Waals surface area contributed by atoms with Crippen molar-refractivity contribution in [2.45, 2.75) is 53.2 Å². The molecule has 24 heavy (non-hydrogen) atoms. The molecule has 1 amide bonds. The lowest BCUT2D eigenvalue weighted by Crippen LogP contribution is -2.39. The molecule has 2 rings (SSSR count). The van der Waals surface area contributed by atoms with Crippen molar-refractivity contribution in [3.8, 4) is 5.75 Å². The molecule has 128 valence electrons. The van der Waals surface area contributed by atoms with Gasteiger partial charge in [0, 0.05) is 0 Å². The minimum Gasteiger partial charge on any atom is -0.481 e. The molecule has 0 aliphatic carbocycles. The number of para-hydroxylation sites is 1. The summed E-state index contributed by atoms with van der Waals surface area (Å²) in [6, 6.07) is 13.8. The molecule has 0 aromatic heterocycles. The first-order valence-corrected chi connectivity index (χ1v) is 8.52. The third-order valence-electron chi connectivity index (χ3n) is 4.39. The number of carbonyl (C=O) groups is 1. The molecule has 3 heteroatoms. The Kier molecular flexibility index (Phi) is 6.02. The van der Waals surface area contributed by atoms with Crippen LogP contribution in [0.5, 0.6) is 5.75 Å². The molecule has 0 radical (unpaired) electrons. The average molecular weight is 325 g/mol. The van der Waals surface area contributed by atoms with Crippen LogP contribution in [0.4, 0.5) is 0 Å². The van der Waals surface area contributed by atoms with Crippen LogP contribution < -0.4 is 10.1 Å². The zero-order valence-electron chi connectivity index (χ0n) is 15.2. The van der Waals surface area contributed by atoms with Gasteiger partial charge >= 0.3 is 0 Å². The van der Waals surface area contributed by atoms with Gasteiger partial charge in [0.2, 0.25) is 0 Å². The molecule has 2 aromatic rings. The topological polar surface area (TPSA) is 38.3 Å². The average Bonchev–Trinajstić information content (AvgIpc) is 2.56. The van der Waals surface area contributed by atoms with Crippen LogP contribution in [0.1, 0.15) is 48.6 Å². The van der Waals surface area contributed by atoms with Crippen LogP contribution in [0.3, 0.4) is 0 Å². The van der Waals surface area contributed by atoms with Gasteiger partial charge in [0.15, 0.2) is 6.10 Å². The summed E-state index contributed by atoms with van der Waals surface area (Å²) >= 11 is 0. The van der Waals surface area contributed by atoms with Gasteiger partial charge in [0.25, 0.3) is 5.91 Å². The summed E-state index contributed by atoms with van der Waals surface area (Å²) in [6.45, 7) is 10.3. The van der Waals surface area contributed by atoms with Gasteiger partial charge in [-0.25, -0.2) is 0 Å². The smallest absolute Gasteiger partial charge is 0.261 e. The maximum Gasteiger partial charge on any atom is 0.261 e. The highest BCUT2D eigenvalue weighted by Gasteiger charge is 2.21. The largest absolute Gasteiger partial charge is 0.481 e. The number of aryl methyl sites for hydroxylation is 3. The van der Waals surface area contributed by atoms with E-state index in [0.29, 0.717) is 6.42 Å². The highest BCUT2D eigenvalue weighted by atomic mass is 16.5. The first kappa shape index (κ1) is 18.1. The minimum absolute atomic E-state index is 0.0507.